The van der Waals surface area contributed by atoms with Crippen LogP contribution in [0.4, 0.5) is 0 Å². The van der Waals surface area contributed by atoms with E-state index in [2.05, 4.69) is 47.2 Å². The highest BCUT2D eigenvalue weighted by molar-refractivity contribution is 9.10. The zero-order valence-electron chi connectivity index (χ0n) is 13.5. The second-order valence-corrected chi connectivity index (χ2v) is 6.69. The first-order valence-corrected chi connectivity index (χ1v) is 8.98. The fourth-order valence-corrected chi connectivity index (χ4v) is 3.88. The van der Waals surface area contributed by atoms with Gasteiger partial charge in [-0.3, -0.25) is 4.68 Å². The number of hydrogen-bond acceptors (Lipinski definition) is 3. The molecule has 0 radical (unpaired) electrons. The molecule has 2 rings (SSSR count). The molecule has 120 valence electrons. The monoisotopic (exact) mass is 357 g/mol. The van der Waals surface area contributed by atoms with E-state index in [1.54, 1.807) is 0 Å². The molecule has 0 saturated carbocycles. The molecule has 4 nitrogen and oxygen atoms in total. The Labute approximate surface area is 136 Å². The zero-order valence-corrected chi connectivity index (χ0v) is 15.1. The number of nitrogens with one attached hydrogen (secondary N) is 1. The predicted octanol–water partition coefficient (Wildman–Crippen LogP) is 3.08. The van der Waals surface area contributed by atoms with Crippen molar-refractivity contribution in [3.8, 4) is 0 Å². The fraction of sp³-hybridized carbons (Fsp3) is 0.812. The van der Waals surface area contributed by atoms with E-state index in [4.69, 9.17) is 4.74 Å². The van der Waals surface area contributed by atoms with E-state index in [9.17, 15) is 0 Å². The zero-order chi connectivity index (χ0) is 15.2. The van der Waals surface area contributed by atoms with Crippen molar-refractivity contribution in [2.45, 2.75) is 52.0 Å². The highest BCUT2D eigenvalue weighted by atomic mass is 79.9. The molecule has 1 fully saturated rings. The van der Waals surface area contributed by atoms with Crippen molar-refractivity contribution in [1.29, 1.82) is 0 Å². The van der Waals surface area contributed by atoms with E-state index in [-0.39, 0.29) is 0 Å². The van der Waals surface area contributed by atoms with Crippen molar-refractivity contribution in [3.63, 3.8) is 0 Å². The highest BCUT2D eigenvalue weighted by Gasteiger charge is 2.26. The summed E-state index contributed by atoms with van der Waals surface area (Å²) in [6, 6.07) is 0.519. The lowest BCUT2D eigenvalue weighted by molar-refractivity contribution is 0.0535. The maximum atomic E-state index is 5.52. The van der Waals surface area contributed by atoms with E-state index in [0.717, 1.165) is 51.1 Å². The molecular formula is C16H28BrN3O. The Morgan fingerprint density at radius 2 is 2.10 bits per heavy atom. The summed E-state index contributed by atoms with van der Waals surface area (Å²) in [4.78, 5) is 0. The molecule has 1 saturated heterocycles. The van der Waals surface area contributed by atoms with Crippen LogP contribution in [0.5, 0.6) is 0 Å². The van der Waals surface area contributed by atoms with Crippen molar-refractivity contribution in [2.24, 2.45) is 13.0 Å². The van der Waals surface area contributed by atoms with Gasteiger partial charge in [-0.15, -0.1) is 0 Å². The second-order valence-electron chi connectivity index (χ2n) is 5.90. The Morgan fingerprint density at radius 3 is 2.67 bits per heavy atom. The Kier molecular flexibility index (Phi) is 6.71. The van der Waals surface area contributed by atoms with Crippen LogP contribution in [-0.4, -0.2) is 35.6 Å². The van der Waals surface area contributed by atoms with Crippen LogP contribution in [0.15, 0.2) is 4.47 Å². The van der Waals surface area contributed by atoms with Crippen LogP contribution in [0.1, 0.15) is 44.5 Å². The predicted molar refractivity (Wildman–Crippen MR) is 89.6 cm³/mol. The van der Waals surface area contributed by atoms with Crippen molar-refractivity contribution in [1.82, 2.24) is 15.1 Å². The van der Waals surface area contributed by atoms with Gasteiger partial charge in [0.2, 0.25) is 0 Å². The van der Waals surface area contributed by atoms with Crippen LogP contribution in [0.2, 0.25) is 0 Å². The quantitative estimate of drug-likeness (QED) is 0.814. The van der Waals surface area contributed by atoms with Gasteiger partial charge in [-0.25, -0.2) is 0 Å². The molecule has 5 heteroatoms. The minimum atomic E-state index is 0.519. The maximum Gasteiger partial charge on any atom is 0.0766 e. The molecule has 0 aromatic carbocycles. The summed E-state index contributed by atoms with van der Waals surface area (Å²) in [7, 11) is 2.06. The Morgan fingerprint density at radius 1 is 1.38 bits per heavy atom. The highest BCUT2D eigenvalue weighted by Crippen LogP contribution is 2.27. The molecular weight excluding hydrogens is 330 g/mol. The summed E-state index contributed by atoms with van der Waals surface area (Å²) < 4.78 is 8.76. The molecule has 1 aliphatic rings. The lowest BCUT2D eigenvalue weighted by Gasteiger charge is -2.31. The molecule has 0 bridgehead atoms. The molecule has 1 unspecified atom stereocenters. The molecule has 1 aliphatic heterocycles. The third kappa shape index (κ3) is 4.30. The number of rotatable bonds is 7. The third-order valence-corrected chi connectivity index (χ3v) is 5.32. The van der Waals surface area contributed by atoms with Gasteiger partial charge in [0.25, 0.3) is 0 Å². The van der Waals surface area contributed by atoms with Gasteiger partial charge >= 0.3 is 0 Å². The van der Waals surface area contributed by atoms with Gasteiger partial charge in [0.15, 0.2) is 0 Å². The van der Waals surface area contributed by atoms with E-state index in [0.29, 0.717) is 12.0 Å². The molecule has 0 spiro atoms. The average molecular weight is 358 g/mol. The van der Waals surface area contributed by atoms with E-state index >= 15 is 0 Å². The van der Waals surface area contributed by atoms with Gasteiger partial charge in [-0.05, 0) is 54.1 Å². The summed E-state index contributed by atoms with van der Waals surface area (Å²) in [5.41, 5.74) is 2.47. The molecule has 0 aliphatic carbocycles. The van der Waals surface area contributed by atoms with Crippen LogP contribution in [-0.2, 0) is 24.6 Å². The van der Waals surface area contributed by atoms with E-state index < -0.39 is 0 Å². The minimum Gasteiger partial charge on any atom is -0.381 e. The molecule has 1 N–H and O–H groups in total. The number of hydrogen-bond donors (Lipinski definition) is 1. The van der Waals surface area contributed by atoms with Crippen molar-refractivity contribution in [3.05, 3.63) is 15.9 Å². The SMILES string of the molecule is CCCNC(Cc1c(Br)c(CC)nn1C)C1CCOCC1. The van der Waals surface area contributed by atoms with Crippen molar-refractivity contribution >= 4 is 15.9 Å². The summed E-state index contributed by atoms with van der Waals surface area (Å²) >= 11 is 3.75. The van der Waals surface area contributed by atoms with Crippen LogP contribution in [0, 0.1) is 5.92 Å². The van der Waals surface area contributed by atoms with Crippen molar-refractivity contribution < 1.29 is 4.74 Å². The largest absolute Gasteiger partial charge is 0.381 e. The molecule has 2 heterocycles. The normalized spacial score (nSPS) is 18.1. The summed E-state index contributed by atoms with van der Waals surface area (Å²) in [6.45, 7) is 7.27. The molecule has 1 aromatic rings. The molecule has 1 atom stereocenters. The van der Waals surface area contributed by atoms with E-state index in [1.807, 2.05) is 4.68 Å². The summed E-state index contributed by atoms with van der Waals surface area (Å²) in [6.07, 6.45) is 5.51. The van der Waals surface area contributed by atoms with Gasteiger partial charge < -0.3 is 10.1 Å². The first-order chi connectivity index (χ1) is 10.2. The second kappa shape index (κ2) is 8.30. The number of aryl methyl sites for hydroxylation is 2. The third-order valence-electron chi connectivity index (χ3n) is 4.41. The smallest absolute Gasteiger partial charge is 0.0766 e. The first kappa shape index (κ1) is 17.0. The average Bonchev–Trinajstić information content (AvgIpc) is 2.79. The first-order valence-electron chi connectivity index (χ1n) is 8.18. The summed E-state index contributed by atoms with van der Waals surface area (Å²) in [5.74, 6) is 0.706. The lowest BCUT2D eigenvalue weighted by Crippen LogP contribution is -2.41. The number of nitrogens with zero attached hydrogens (tertiary/aromatic N) is 2. The molecule has 1 aromatic heterocycles. The Bertz CT molecular complexity index is 441. The number of halogens is 1. The van der Waals surface area contributed by atoms with Gasteiger partial charge in [0.05, 0.1) is 15.9 Å². The number of ether oxygens (including phenoxy) is 1. The topological polar surface area (TPSA) is 39.1 Å². The summed E-state index contributed by atoms with van der Waals surface area (Å²) in [5, 5.41) is 8.38. The van der Waals surface area contributed by atoms with Crippen molar-refractivity contribution in [2.75, 3.05) is 19.8 Å². The van der Waals surface area contributed by atoms with Gasteiger partial charge in [0, 0.05) is 32.7 Å². The van der Waals surface area contributed by atoms with Gasteiger partial charge in [-0.1, -0.05) is 13.8 Å². The Hall–Kier alpha value is -0.390. The van der Waals surface area contributed by atoms with Crippen LogP contribution >= 0.6 is 15.9 Å². The van der Waals surface area contributed by atoms with Gasteiger partial charge in [0.1, 0.15) is 0 Å². The Balaban J connectivity index is 2.11. The van der Waals surface area contributed by atoms with E-state index in [1.165, 1.54) is 16.6 Å². The minimum absolute atomic E-state index is 0.519. The van der Waals surface area contributed by atoms with Crippen LogP contribution in [0.3, 0.4) is 0 Å². The van der Waals surface area contributed by atoms with Crippen LogP contribution < -0.4 is 5.32 Å². The maximum absolute atomic E-state index is 5.52. The standard InChI is InChI=1S/C16H28BrN3O/c1-4-8-18-14(12-6-9-21-10-7-12)11-15-16(17)13(5-2)19-20(15)3/h12,14,18H,4-11H2,1-3H3. The fourth-order valence-electron chi connectivity index (χ4n) is 3.10. The lowest BCUT2D eigenvalue weighted by atomic mass is 9.88. The molecule has 21 heavy (non-hydrogen) atoms. The van der Waals surface area contributed by atoms with Gasteiger partial charge in [-0.2, -0.15) is 5.10 Å². The van der Waals surface area contributed by atoms with Crippen LogP contribution in [0.25, 0.3) is 0 Å². The number of aromatic nitrogens is 2. The molecule has 0 amide bonds.